The third-order valence-electron chi connectivity index (χ3n) is 2.80. The van der Waals surface area contributed by atoms with Crippen LogP contribution in [0.25, 0.3) is 0 Å². The molecule has 0 aliphatic carbocycles. The van der Waals surface area contributed by atoms with Gasteiger partial charge in [0, 0.05) is 18.3 Å². The SMILES string of the molecule is CCc1ccccc1NC(CN)C(C)C. The van der Waals surface area contributed by atoms with Gasteiger partial charge in [0.25, 0.3) is 0 Å². The van der Waals surface area contributed by atoms with Crippen LogP contribution < -0.4 is 11.1 Å². The van der Waals surface area contributed by atoms with E-state index in [1.807, 2.05) is 0 Å². The molecule has 0 radical (unpaired) electrons. The summed E-state index contributed by atoms with van der Waals surface area (Å²) in [5.41, 5.74) is 8.33. The molecule has 0 fully saturated rings. The second-order valence-electron chi connectivity index (χ2n) is 4.24. The van der Waals surface area contributed by atoms with Crippen LogP contribution >= 0.6 is 0 Å². The van der Waals surface area contributed by atoms with Crippen molar-refractivity contribution in [2.45, 2.75) is 33.2 Å². The van der Waals surface area contributed by atoms with Gasteiger partial charge in [-0.1, -0.05) is 39.0 Å². The molecule has 1 aromatic carbocycles. The minimum atomic E-state index is 0.359. The maximum absolute atomic E-state index is 5.75. The summed E-state index contributed by atoms with van der Waals surface area (Å²) < 4.78 is 0. The second-order valence-corrected chi connectivity index (χ2v) is 4.24. The summed E-state index contributed by atoms with van der Waals surface area (Å²) in [4.78, 5) is 0. The van der Waals surface area contributed by atoms with E-state index >= 15 is 0 Å². The highest BCUT2D eigenvalue weighted by Crippen LogP contribution is 2.18. The van der Waals surface area contributed by atoms with Crippen LogP contribution in [0.2, 0.25) is 0 Å². The summed E-state index contributed by atoms with van der Waals surface area (Å²) in [5.74, 6) is 0.555. The minimum absolute atomic E-state index is 0.359. The van der Waals surface area contributed by atoms with Gasteiger partial charge in [-0.3, -0.25) is 0 Å². The summed E-state index contributed by atoms with van der Waals surface area (Å²) in [6, 6.07) is 8.80. The lowest BCUT2D eigenvalue weighted by Gasteiger charge is -2.23. The number of anilines is 1. The summed E-state index contributed by atoms with van der Waals surface area (Å²) >= 11 is 0. The first kappa shape index (κ1) is 12.1. The standard InChI is InChI=1S/C13H22N2/c1-4-11-7-5-6-8-12(11)15-13(9-14)10(2)3/h5-8,10,13,15H,4,9,14H2,1-3H3. The van der Waals surface area contributed by atoms with Crippen molar-refractivity contribution in [3.63, 3.8) is 0 Å². The maximum Gasteiger partial charge on any atom is 0.0406 e. The second kappa shape index (κ2) is 5.76. The summed E-state index contributed by atoms with van der Waals surface area (Å²) in [6.07, 6.45) is 1.05. The van der Waals surface area contributed by atoms with Crippen LogP contribution in [0.4, 0.5) is 5.69 Å². The van der Waals surface area contributed by atoms with Crippen LogP contribution in [0.15, 0.2) is 24.3 Å². The van der Waals surface area contributed by atoms with E-state index in [0.29, 0.717) is 18.5 Å². The molecule has 1 unspecified atom stereocenters. The zero-order valence-electron chi connectivity index (χ0n) is 9.96. The highest BCUT2D eigenvalue weighted by molar-refractivity contribution is 5.51. The number of nitrogens with one attached hydrogen (secondary N) is 1. The Labute approximate surface area is 92.9 Å². The van der Waals surface area contributed by atoms with Crippen molar-refractivity contribution in [1.29, 1.82) is 0 Å². The minimum Gasteiger partial charge on any atom is -0.381 e. The molecule has 15 heavy (non-hydrogen) atoms. The highest BCUT2D eigenvalue weighted by atomic mass is 14.9. The molecule has 0 aliphatic heterocycles. The highest BCUT2D eigenvalue weighted by Gasteiger charge is 2.11. The van der Waals surface area contributed by atoms with E-state index in [1.54, 1.807) is 0 Å². The zero-order chi connectivity index (χ0) is 11.3. The predicted octanol–water partition coefficient (Wildman–Crippen LogP) is 2.64. The molecule has 1 aromatic rings. The van der Waals surface area contributed by atoms with E-state index in [0.717, 1.165) is 6.42 Å². The molecule has 0 aliphatic rings. The quantitative estimate of drug-likeness (QED) is 0.777. The summed E-state index contributed by atoms with van der Waals surface area (Å²) in [5, 5.41) is 3.52. The van der Waals surface area contributed by atoms with Crippen molar-refractivity contribution in [2.24, 2.45) is 11.7 Å². The number of nitrogens with two attached hydrogens (primary N) is 1. The molecule has 0 aromatic heterocycles. The first-order valence-corrected chi connectivity index (χ1v) is 5.73. The summed E-state index contributed by atoms with van der Waals surface area (Å²) in [6.45, 7) is 7.24. The van der Waals surface area contributed by atoms with Gasteiger partial charge in [0.15, 0.2) is 0 Å². The molecule has 0 saturated carbocycles. The van der Waals surface area contributed by atoms with Crippen molar-refractivity contribution < 1.29 is 0 Å². The third-order valence-corrected chi connectivity index (χ3v) is 2.80. The molecular formula is C13H22N2. The Bertz CT molecular complexity index is 294. The van der Waals surface area contributed by atoms with Gasteiger partial charge in [0.1, 0.15) is 0 Å². The van der Waals surface area contributed by atoms with E-state index in [4.69, 9.17) is 5.73 Å². The Hall–Kier alpha value is -1.02. The van der Waals surface area contributed by atoms with Crippen LogP contribution in [0.3, 0.4) is 0 Å². The molecule has 2 nitrogen and oxygen atoms in total. The Morgan fingerprint density at radius 3 is 2.47 bits per heavy atom. The van der Waals surface area contributed by atoms with Crippen molar-refractivity contribution in [1.82, 2.24) is 0 Å². The van der Waals surface area contributed by atoms with E-state index in [2.05, 4.69) is 50.4 Å². The number of benzene rings is 1. The van der Waals surface area contributed by atoms with Gasteiger partial charge in [-0.25, -0.2) is 0 Å². The molecule has 0 heterocycles. The van der Waals surface area contributed by atoms with E-state index in [-0.39, 0.29) is 0 Å². The number of aryl methyl sites for hydroxylation is 1. The fourth-order valence-electron chi connectivity index (χ4n) is 1.67. The molecule has 3 N–H and O–H groups in total. The zero-order valence-corrected chi connectivity index (χ0v) is 9.96. The predicted molar refractivity (Wildman–Crippen MR) is 67.1 cm³/mol. The molecule has 2 heteroatoms. The van der Waals surface area contributed by atoms with Crippen LogP contribution in [0.5, 0.6) is 0 Å². The molecule has 84 valence electrons. The van der Waals surface area contributed by atoms with Gasteiger partial charge in [0.05, 0.1) is 0 Å². The molecule has 0 amide bonds. The Morgan fingerprint density at radius 1 is 1.27 bits per heavy atom. The smallest absolute Gasteiger partial charge is 0.0406 e. The molecule has 0 saturated heterocycles. The van der Waals surface area contributed by atoms with E-state index < -0.39 is 0 Å². The normalized spacial score (nSPS) is 12.9. The number of para-hydroxylation sites is 1. The lowest BCUT2D eigenvalue weighted by Crippen LogP contribution is -2.34. The molecule has 1 rings (SSSR count). The van der Waals surface area contributed by atoms with Crippen LogP contribution in [-0.2, 0) is 6.42 Å². The van der Waals surface area contributed by atoms with Gasteiger partial charge in [0.2, 0.25) is 0 Å². The average Bonchev–Trinajstić information content (AvgIpc) is 2.25. The van der Waals surface area contributed by atoms with Gasteiger partial charge >= 0.3 is 0 Å². The fraction of sp³-hybridized carbons (Fsp3) is 0.538. The Kier molecular flexibility index (Phi) is 4.63. The van der Waals surface area contributed by atoms with Gasteiger partial charge in [-0.15, -0.1) is 0 Å². The van der Waals surface area contributed by atoms with Gasteiger partial charge < -0.3 is 11.1 Å². The fourth-order valence-corrected chi connectivity index (χ4v) is 1.67. The topological polar surface area (TPSA) is 38.0 Å². The van der Waals surface area contributed by atoms with Crippen molar-refractivity contribution in [2.75, 3.05) is 11.9 Å². The number of hydrogen-bond donors (Lipinski definition) is 2. The number of hydrogen-bond acceptors (Lipinski definition) is 2. The maximum atomic E-state index is 5.75. The largest absolute Gasteiger partial charge is 0.381 e. The third kappa shape index (κ3) is 3.24. The van der Waals surface area contributed by atoms with Crippen molar-refractivity contribution in [3.8, 4) is 0 Å². The Morgan fingerprint density at radius 2 is 1.93 bits per heavy atom. The van der Waals surface area contributed by atoms with Gasteiger partial charge in [-0.05, 0) is 24.0 Å². The Balaban J connectivity index is 2.78. The molecular weight excluding hydrogens is 184 g/mol. The van der Waals surface area contributed by atoms with Crippen LogP contribution in [-0.4, -0.2) is 12.6 Å². The van der Waals surface area contributed by atoms with Crippen molar-refractivity contribution >= 4 is 5.69 Å². The van der Waals surface area contributed by atoms with Gasteiger partial charge in [-0.2, -0.15) is 0 Å². The molecule has 1 atom stereocenters. The van der Waals surface area contributed by atoms with E-state index in [9.17, 15) is 0 Å². The number of rotatable bonds is 5. The monoisotopic (exact) mass is 206 g/mol. The van der Waals surface area contributed by atoms with Crippen molar-refractivity contribution in [3.05, 3.63) is 29.8 Å². The summed E-state index contributed by atoms with van der Waals surface area (Å²) in [7, 11) is 0. The lowest BCUT2D eigenvalue weighted by molar-refractivity contribution is 0.531. The first-order valence-electron chi connectivity index (χ1n) is 5.73. The van der Waals surface area contributed by atoms with Crippen LogP contribution in [0.1, 0.15) is 26.3 Å². The molecule has 0 spiro atoms. The molecule has 0 bridgehead atoms. The van der Waals surface area contributed by atoms with Crippen LogP contribution in [0, 0.1) is 5.92 Å². The first-order chi connectivity index (χ1) is 7.19. The van der Waals surface area contributed by atoms with E-state index in [1.165, 1.54) is 11.3 Å². The average molecular weight is 206 g/mol. The lowest BCUT2D eigenvalue weighted by atomic mass is 10.0.